The molecule has 1 atom stereocenters. The maximum absolute atomic E-state index is 12.8. The second-order valence-corrected chi connectivity index (χ2v) is 6.97. The van der Waals surface area contributed by atoms with E-state index in [0.717, 1.165) is 18.4 Å². The molecule has 0 unspecified atom stereocenters. The largest absolute Gasteiger partial charge is 0.342 e. The molecule has 0 spiro atoms. The Morgan fingerprint density at radius 1 is 1.19 bits per heavy atom. The molecule has 0 saturated carbocycles. The van der Waals surface area contributed by atoms with Crippen molar-refractivity contribution in [1.29, 1.82) is 0 Å². The zero-order valence-corrected chi connectivity index (χ0v) is 16.7. The third-order valence-electron chi connectivity index (χ3n) is 4.89. The van der Waals surface area contributed by atoms with Crippen LogP contribution in [0.25, 0.3) is 0 Å². The Kier molecular flexibility index (Phi) is 7.21. The molecule has 1 aromatic carbocycles. The number of amides is 4. The lowest BCUT2D eigenvalue weighted by Crippen LogP contribution is -2.58. The van der Waals surface area contributed by atoms with E-state index in [1.807, 2.05) is 13.0 Å². The lowest BCUT2D eigenvalue weighted by atomic mass is 10.0. The van der Waals surface area contributed by atoms with Gasteiger partial charge in [-0.1, -0.05) is 32.8 Å². The molecule has 27 heavy (non-hydrogen) atoms. The summed E-state index contributed by atoms with van der Waals surface area (Å²) in [6, 6.07) is 4.69. The van der Waals surface area contributed by atoms with Crippen LogP contribution in [0.3, 0.4) is 0 Å². The lowest BCUT2D eigenvalue weighted by Gasteiger charge is -2.39. The molecule has 1 heterocycles. The first-order chi connectivity index (χ1) is 12.9. The molecule has 0 radical (unpaired) electrons. The zero-order valence-electron chi connectivity index (χ0n) is 16.7. The molecule has 1 aliphatic rings. The fraction of sp³-hybridized carbons (Fsp3) is 0.550. The highest BCUT2D eigenvalue weighted by molar-refractivity contribution is 5.96. The van der Waals surface area contributed by atoms with Gasteiger partial charge in [0.25, 0.3) is 0 Å². The zero-order chi connectivity index (χ0) is 20.0. The Labute approximate surface area is 161 Å². The molecule has 2 rings (SSSR count). The average molecular weight is 374 g/mol. The summed E-state index contributed by atoms with van der Waals surface area (Å²) in [6.07, 6.45) is 2.92. The summed E-state index contributed by atoms with van der Waals surface area (Å²) in [5, 5.41) is 5.72. The van der Waals surface area contributed by atoms with E-state index in [-0.39, 0.29) is 17.8 Å². The molecule has 7 heteroatoms. The average Bonchev–Trinajstić information content (AvgIpc) is 2.65. The highest BCUT2D eigenvalue weighted by Gasteiger charge is 2.35. The fourth-order valence-electron chi connectivity index (χ4n) is 3.10. The predicted molar refractivity (Wildman–Crippen MR) is 107 cm³/mol. The van der Waals surface area contributed by atoms with E-state index in [0.29, 0.717) is 37.3 Å². The molecule has 4 amide bonds. The summed E-state index contributed by atoms with van der Waals surface area (Å²) in [5.74, 6) is -0.0875. The van der Waals surface area contributed by atoms with Crippen molar-refractivity contribution in [3.63, 3.8) is 0 Å². The number of likely N-dealkylation sites (N-methyl/N-ethyl adjacent to an activating group) is 1. The number of unbranched alkanes of at least 4 members (excludes halogenated alkanes) is 1. The van der Waals surface area contributed by atoms with Crippen molar-refractivity contribution in [3.05, 3.63) is 23.8 Å². The van der Waals surface area contributed by atoms with E-state index >= 15 is 0 Å². The molecule has 0 aromatic heterocycles. The Morgan fingerprint density at radius 3 is 2.59 bits per heavy atom. The molecule has 7 nitrogen and oxygen atoms in total. The molecule has 1 saturated heterocycles. The number of carbonyl (C=O) groups excluding carboxylic acids is 3. The highest BCUT2D eigenvalue weighted by Crippen LogP contribution is 2.22. The van der Waals surface area contributed by atoms with Crippen molar-refractivity contribution in [2.24, 2.45) is 0 Å². The minimum absolute atomic E-state index is 0.00958. The van der Waals surface area contributed by atoms with Gasteiger partial charge in [0.1, 0.15) is 6.04 Å². The first kappa shape index (κ1) is 20.7. The first-order valence-electron chi connectivity index (χ1n) is 9.60. The molecule has 148 valence electrons. The summed E-state index contributed by atoms with van der Waals surface area (Å²) < 4.78 is 0. The van der Waals surface area contributed by atoms with Gasteiger partial charge in [0.2, 0.25) is 11.8 Å². The molecule has 2 N–H and O–H groups in total. The van der Waals surface area contributed by atoms with E-state index in [2.05, 4.69) is 17.6 Å². The van der Waals surface area contributed by atoms with E-state index in [1.165, 1.54) is 0 Å². The van der Waals surface area contributed by atoms with Crippen LogP contribution >= 0.6 is 0 Å². The number of anilines is 2. The van der Waals surface area contributed by atoms with Crippen LogP contribution in [-0.2, 0) is 9.59 Å². The van der Waals surface area contributed by atoms with Crippen LogP contribution in [0.4, 0.5) is 16.2 Å². The standard InChI is InChI=1S/C20H30N4O3/c1-5-7-8-17-19(26)23(4)11-12-24(17)20(27)21-15-10-9-14(3)16(13-15)22-18(25)6-2/h9-10,13,17H,5-8,11-12H2,1-4H3,(H,21,27)(H,22,25)/t17-/m0/s1. The van der Waals surface area contributed by atoms with Gasteiger partial charge in [0, 0.05) is 37.9 Å². The Hall–Kier alpha value is -2.57. The van der Waals surface area contributed by atoms with Gasteiger partial charge in [0.15, 0.2) is 0 Å². The Bertz CT molecular complexity index is 704. The summed E-state index contributed by atoms with van der Waals surface area (Å²) >= 11 is 0. The number of hydrogen-bond donors (Lipinski definition) is 2. The second-order valence-electron chi connectivity index (χ2n) is 6.97. The number of rotatable bonds is 6. The topological polar surface area (TPSA) is 81.8 Å². The van der Waals surface area contributed by atoms with E-state index in [4.69, 9.17) is 0 Å². The van der Waals surface area contributed by atoms with Gasteiger partial charge < -0.3 is 20.4 Å². The van der Waals surface area contributed by atoms with Crippen LogP contribution in [0, 0.1) is 6.92 Å². The summed E-state index contributed by atoms with van der Waals surface area (Å²) in [7, 11) is 1.78. The Morgan fingerprint density at radius 2 is 1.93 bits per heavy atom. The third-order valence-corrected chi connectivity index (χ3v) is 4.89. The maximum atomic E-state index is 12.8. The first-order valence-corrected chi connectivity index (χ1v) is 9.60. The molecule has 1 aromatic rings. The molecule has 0 aliphatic carbocycles. The minimum atomic E-state index is -0.423. The van der Waals surface area contributed by atoms with Crippen LogP contribution < -0.4 is 10.6 Å². The smallest absolute Gasteiger partial charge is 0.322 e. The number of aryl methyl sites for hydroxylation is 1. The van der Waals surface area contributed by atoms with Crippen LogP contribution in [0.2, 0.25) is 0 Å². The summed E-state index contributed by atoms with van der Waals surface area (Å²) in [6.45, 7) is 6.79. The van der Waals surface area contributed by atoms with E-state index < -0.39 is 6.04 Å². The lowest BCUT2D eigenvalue weighted by molar-refractivity contribution is -0.138. The number of urea groups is 1. The Balaban J connectivity index is 2.13. The monoisotopic (exact) mass is 374 g/mol. The third kappa shape index (κ3) is 5.21. The minimum Gasteiger partial charge on any atom is -0.342 e. The summed E-state index contributed by atoms with van der Waals surface area (Å²) in [5.41, 5.74) is 2.19. The highest BCUT2D eigenvalue weighted by atomic mass is 16.2. The van der Waals surface area contributed by atoms with Crippen molar-refractivity contribution < 1.29 is 14.4 Å². The van der Waals surface area contributed by atoms with Gasteiger partial charge >= 0.3 is 6.03 Å². The SMILES string of the molecule is CCCC[C@H]1C(=O)N(C)CCN1C(=O)Nc1ccc(C)c(NC(=O)CC)c1. The van der Waals surface area contributed by atoms with Gasteiger partial charge in [-0.3, -0.25) is 9.59 Å². The molecule has 1 aliphatic heterocycles. The van der Waals surface area contributed by atoms with Gasteiger partial charge in [-0.15, -0.1) is 0 Å². The van der Waals surface area contributed by atoms with Crippen LogP contribution in [0.1, 0.15) is 45.1 Å². The second kappa shape index (κ2) is 9.39. The molecular weight excluding hydrogens is 344 g/mol. The fourth-order valence-corrected chi connectivity index (χ4v) is 3.10. The number of hydrogen-bond acceptors (Lipinski definition) is 3. The number of carbonyl (C=O) groups is 3. The van der Waals surface area contributed by atoms with E-state index in [9.17, 15) is 14.4 Å². The number of benzene rings is 1. The molecular formula is C20H30N4O3. The van der Waals surface area contributed by atoms with Crippen molar-refractivity contribution in [1.82, 2.24) is 9.80 Å². The van der Waals surface area contributed by atoms with Gasteiger partial charge in [-0.05, 0) is 31.0 Å². The van der Waals surface area contributed by atoms with Crippen molar-refractivity contribution in [2.75, 3.05) is 30.8 Å². The normalized spacial score (nSPS) is 17.0. The van der Waals surface area contributed by atoms with E-state index in [1.54, 1.807) is 35.9 Å². The molecule has 0 bridgehead atoms. The van der Waals surface area contributed by atoms with Crippen LogP contribution in [-0.4, -0.2) is 53.8 Å². The van der Waals surface area contributed by atoms with Crippen molar-refractivity contribution in [3.8, 4) is 0 Å². The van der Waals surface area contributed by atoms with Crippen LogP contribution in [0.15, 0.2) is 18.2 Å². The van der Waals surface area contributed by atoms with Gasteiger partial charge in [-0.25, -0.2) is 4.79 Å². The van der Waals surface area contributed by atoms with Gasteiger partial charge in [0.05, 0.1) is 0 Å². The van der Waals surface area contributed by atoms with Crippen LogP contribution in [0.5, 0.6) is 0 Å². The summed E-state index contributed by atoms with van der Waals surface area (Å²) in [4.78, 5) is 40.3. The van der Waals surface area contributed by atoms with Gasteiger partial charge in [-0.2, -0.15) is 0 Å². The predicted octanol–water partition coefficient (Wildman–Crippen LogP) is 3.21. The number of piperazine rings is 1. The quantitative estimate of drug-likeness (QED) is 0.802. The van der Waals surface area contributed by atoms with Crippen molar-refractivity contribution >= 4 is 29.2 Å². The number of nitrogens with one attached hydrogen (secondary N) is 2. The molecule has 1 fully saturated rings. The maximum Gasteiger partial charge on any atom is 0.322 e. The number of nitrogens with zero attached hydrogens (tertiary/aromatic N) is 2. The van der Waals surface area contributed by atoms with Crippen molar-refractivity contribution in [2.45, 2.75) is 52.5 Å².